The molecule has 2 heterocycles. The van der Waals surface area contributed by atoms with Crippen molar-refractivity contribution in [3.05, 3.63) is 29.8 Å². The molecule has 0 aliphatic carbocycles. The average Bonchev–Trinajstić information content (AvgIpc) is 3.05. The van der Waals surface area contributed by atoms with Gasteiger partial charge in [-0.15, -0.1) is 10.2 Å². The second-order valence-corrected chi connectivity index (χ2v) is 4.62. The lowest BCUT2D eigenvalue weighted by molar-refractivity contribution is 0.173. The third-order valence-electron chi connectivity index (χ3n) is 3.17. The van der Waals surface area contributed by atoms with E-state index in [4.69, 9.17) is 14.2 Å². The van der Waals surface area contributed by atoms with Crippen molar-refractivity contribution in [1.29, 1.82) is 0 Å². The molecule has 6 nitrogen and oxygen atoms in total. The molecule has 20 heavy (non-hydrogen) atoms. The Kier molecular flexibility index (Phi) is 3.45. The van der Waals surface area contributed by atoms with Crippen LogP contribution < -0.4 is 14.2 Å². The van der Waals surface area contributed by atoms with Crippen LogP contribution in [0.4, 0.5) is 0 Å². The maximum atomic E-state index is 5.76. The van der Waals surface area contributed by atoms with Crippen molar-refractivity contribution < 1.29 is 14.2 Å². The second-order valence-electron chi connectivity index (χ2n) is 4.62. The molecule has 106 valence electrons. The zero-order valence-corrected chi connectivity index (χ0v) is 11.6. The highest BCUT2D eigenvalue weighted by molar-refractivity contribution is 5.46. The fourth-order valence-electron chi connectivity index (χ4n) is 2.16. The number of fused-ring (bicyclic) bond motifs is 1. The smallest absolute Gasteiger partial charge is 0.231 e. The zero-order chi connectivity index (χ0) is 13.9. The van der Waals surface area contributed by atoms with E-state index < -0.39 is 0 Å². The minimum absolute atomic E-state index is 0.267. The summed E-state index contributed by atoms with van der Waals surface area (Å²) in [5.41, 5.74) is 0. The Labute approximate surface area is 117 Å². The van der Waals surface area contributed by atoms with Gasteiger partial charge in [0.2, 0.25) is 6.79 Å². The van der Waals surface area contributed by atoms with Crippen molar-refractivity contribution in [3.63, 3.8) is 0 Å². The first-order valence-electron chi connectivity index (χ1n) is 6.69. The van der Waals surface area contributed by atoms with Crippen LogP contribution in [-0.2, 0) is 13.2 Å². The molecule has 0 bridgehead atoms. The van der Waals surface area contributed by atoms with Gasteiger partial charge in [0.05, 0.1) is 0 Å². The molecule has 0 N–H and O–H groups in total. The Morgan fingerprint density at radius 3 is 2.95 bits per heavy atom. The van der Waals surface area contributed by atoms with Crippen LogP contribution in [0.25, 0.3) is 0 Å². The quantitative estimate of drug-likeness (QED) is 0.838. The maximum absolute atomic E-state index is 5.76. The lowest BCUT2D eigenvalue weighted by atomic mass is 10.3. The van der Waals surface area contributed by atoms with Crippen molar-refractivity contribution in [2.45, 2.75) is 33.4 Å². The average molecular weight is 275 g/mol. The van der Waals surface area contributed by atoms with Gasteiger partial charge in [-0.3, -0.25) is 0 Å². The molecule has 1 aromatic carbocycles. The van der Waals surface area contributed by atoms with Crippen molar-refractivity contribution in [2.75, 3.05) is 6.79 Å². The minimum Gasteiger partial charge on any atom is -0.485 e. The lowest BCUT2D eigenvalue weighted by Crippen LogP contribution is -2.08. The monoisotopic (exact) mass is 275 g/mol. The fourth-order valence-corrected chi connectivity index (χ4v) is 2.16. The van der Waals surface area contributed by atoms with Gasteiger partial charge in [-0.2, -0.15) is 0 Å². The Bertz CT molecular complexity index is 610. The topological polar surface area (TPSA) is 58.4 Å². The molecule has 0 amide bonds. The first kappa shape index (κ1) is 12.8. The third-order valence-corrected chi connectivity index (χ3v) is 3.17. The number of nitrogens with zero attached hydrogens (tertiary/aromatic N) is 3. The summed E-state index contributed by atoms with van der Waals surface area (Å²) in [7, 11) is 0. The maximum Gasteiger partial charge on any atom is 0.231 e. The number of benzene rings is 1. The molecule has 0 unspecified atom stereocenters. The lowest BCUT2D eigenvalue weighted by Gasteiger charge is -2.09. The molecule has 0 fully saturated rings. The van der Waals surface area contributed by atoms with Crippen molar-refractivity contribution >= 4 is 0 Å². The van der Waals surface area contributed by atoms with Gasteiger partial charge in [-0.1, -0.05) is 6.92 Å². The first-order chi connectivity index (χ1) is 9.78. The van der Waals surface area contributed by atoms with E-state index in [0.717, 1.165) is 36.1 Å². The molecule has 0 atom stereocenters. The number of aromatic nitrogens is 3. The molecule has 0 spiro atoms. The Balaban J connectivity index is 1.70. The minimum atomic E-state index is 0.267. The predicted molar refractivity (Wildman–Crippen MR) is 71.9 cm³/mol. The second kappa shape index (κ2) is 5.40. The van der Waals surface area contributed by atoms with E-state index in [2.05, 4.69) is 21.7 Å². The summed E-state index contributed by atoms with van der Waals surface area (Å²) in [6.07, 6.45) is 1.04. The molecule has 2 aromatic rings. The zero-order valence-electron chi connectivity index (χ0n) is 11.6. The SMILES string of the molecule is CCCn1c(C)nnc1COc1ccc2c(c1)OCO2. The fraction of sp³-hybridized carbons (Fsp3) is 0.429. The summed E-state index contributed by atoms with van der Waals surface area (Å²) in [4.78, 5) is 0. The molecule has 1 aliphatic heterocycles. The number of aryl methyl sites for hydroxylation is 1. The molecule has 0 saturated heterocycles. The van der Waals surface area contributed by atoms with E-state index in [9.17, 15) is 0 Å². The molecule has 0 radical (unpaired) electrons. The number of hydrogen-bond acceptors (Lipinski definition) is 5. The van der Waals surface area contributed by atoms with Crippen LogP contribution in [0.15, 0.2) is 18.2 Å². The molecule has 3 rings (SSSR count). The molecular formula is C14H17N3O3. The highest BCUT2D eigenvalue weighted by atomic mass is 16.7. The number of rotatable bonds is 5. The van der Waals surface area contributed by atoms with E-state index in [1.165, 1.54) is 0 Å². The molecule has 1 aromatic heterocycles. The highest BCUT2D eigenvalue weighted by Crippen LogP contribution is 2.35. The first-order valence-corrected chi connectivity index (χ1v) is 6.69. The third kappa shape index (κ3) is 2.41. The molecule has 0 saturated carbocycles. The van der Waals surface area contributed by atoms with E-state index in [0.29, 0.717) is 12.4 Å². The van der Waals surface area contributed by atoms with Crippen LogP contribution >= 0.6 is 0 Å². The Morgan fingerprint density at radius 2 is 2.10 bits per heavy atom. The Hall–Kier alpha value is -2.24. The van der Waals surface area contributed by atoms with Gasteiger partial charge in [-0.05, 0) is 25.5 Å². The molecular weight excluding hydrogens is 258 g/mol. The van der Waals surface area contributed by atoms with Gasteiger partial charge in [0.1, 0.15) is 18.2 Å². The molecule has 6 heteroatoms. The van der Waals surface area contributed by atoms with Crippen molar-refractivity contribution in [3.8, 4) is 17.2 Å². The largest absolute Gasteiger partial charge is 0.485 e. The summed E-state index contributed by atoms with van der Waals surface area (Å²) in [6.45, 7) is 5.64. The Morgan fingerprint density at radius 1 is 1.25 bits per heavy atom. The van der Waals surface area contributed by atoms with E-state index in [1.807, 2.05) is 25.1 Å². The van der Waals surface area contributed by atoms with Gasteiger partial charge in [0.25, 0.3) is 0 Å². The van der Waals surface area contributed by atoms with Crippen LogP contribution in [0.1, 0.15) is 25.0 Å². The predicted octanol–water partition coefficient (Wildman–Crippen LogP) is 2.30. The van der Waals surface area contributed by atoms with Gasteiger partial charge in [0.15, 0.2) is 17.3 Å². The van der Waals surface area contributed by atoms with Crippen LogP contribution in [0.3, 0.4) is 0 Å². The van der Waals surface area contributed by atoms with Crippen molar-refractivity contribution in [1.82, 2.24) is 14.8 Å². The van der Waals surface area contributed by atoms with E-state index in [1.54, 1.807) is 0 Å². The van der Waals surface area contributed by atoms with Crippen LogP contribution in [0.5, 0.6) is 17.2 Å². The van der Waals surface area contributed by atoms with Crippen LogP contribution in [-0.4, -0.2) is 21.6 Å². The number of hydrogen-bond donors (Lipinski definition) is 0. The summed E-state index contributed by atoms with van der Waals surface area (Å²) in [5, 5.41) is 8.25. The van der Waals surface area contributed by atoms with Gasteiger partial charge >= 0.3 is 0 Å². The van der Waals surface area contributed by atoms with Gasteiger partial charge in [0, 0.05) is 12.6 Å². The van der Waals surface area contributed by atoms with Crippen molar-refractivity contribution in [2.24, 2.45) is 0 Å². The normalized spacial score (nSPS) is 12.7. The van der Waals surface area contributed by atoms with E-state index >= 15 is 0 Å². The summed E-state index contributed by atoms with van der Waals surface area (Å²) < 4.78 is 18.4. The summed E-state index contributed by atoms with van der Waals surface area (Å²) in [6, 6.07) is 5.54. The summed E-state index contributed by atoms with van der Waals surface area (Å²) in [5.74, 6) is 3.95. The van der Waals surface area contributed by atoms with Crippen LogP contribution in [0.2, 0.25) is 0 Å². The van der Waals surface area contributed by atoms with Gasteiger partial charge < -0.3 is 18.8 Å². The highest BCUT2D eigenvalue weighted by Gasteiger charge is 2.14. The van der Waals surface area contributed by atoms with E-state index in [-0.39, 0.29) is 6.79 Å². The molecule has 1 aliphatic rings. The number of ether oxygens (including phenoxy) is 3. The van der Waals surface area contributed by atoms with Gasteiger partial charge in [-0.25, -0.2) is 0 Å². The van der Waals surface area contributed by atoms with Crippen LogP contribution in [0, 0.1) is 6.92 Å². The standard InChI is InChI=1S/C14H17N3O3/c1-3-6-17-10(2)15-16-14(17)8-18-11-4-5-12-13(7-11)20-9-19-12/h4-5,7H,3,6,8-9H2,1-2H3. The summed E-state index contributed by atoms with van der Waals surface area (Å²) >= 11 is 0.